The first-order valence-corrected chi connectivity index (χ1v) is 8.58. The third-order valence-electron chi connectivity index (χ3n) is 4.55. The average molecular weight is 390 g/mol. The number of aromatic nitrogens is 3. The number of hydrogen-bond donors (Lipinski definition) is 1. The number of aryl methyl sites for hydroxylation is 3. The maximum absolute atomic E-state index is 13.7. The number of amides is 1. The van der Waals surface area contributed by atoms with Gasteiger partial charge in [0.25, 0.3) is 5.91 Å². The quantitative estimate of drug-likeness (QED) is 0.699. The number of rotatable bonds is 6. The van der Waals surface area contributed by atoms with Crippen molar-refractivity contribution in [3.63, 3.8) is 0 Å². The minimum Gasteiger partial charge on any atom is -0.486 e. The number of hydrogen-bond acceptors (Lipinski definition) is 5. The largest absolute Gasteiger partial charge is 0.486 e. The van der Waals surface area contributed by atoms with Gasteiger partial charge in [-0.3, -0.25) is 9.48 Å². The first-order chi connectivity index (χ1) is 13.3. The Morgan fingerprint density at radius 3 is 2.64 bits per heavy atom. The van der Waals surface area contributed by atoms with Gasteiger partial charge < -0.3 is 14.6 Å². The van der Waals surface area contributed by atoms with Gasteiger partial charge in [0.1, 0.15) is 18.2 Å². The lowest BCUT2D eigenvalue weighted by molar-refractivity contribution is 0.0939. The standard InChI is InChI=1S/C19H20F2N4O3/c1-10-14(11(2)25(4)23-10)8-22-19(26)18-15(12(3)28-24-18)9-27-17-6-5-13(20)7-16(17)21/h5-7H,8-9H2,1-4H3,(H,22,26). The van der Waals surface area contributed by atoms with Crippen molar-refractivity contribution >= 4 is 5.91 Å². The third-order valence-corrected chi connectivity index (χ3v) is 4.55. The van der Waals surface area contributed by atoms with Gasteiger partial charge >= 0.3 is 0 Å². The summed E-state index contributed by atoms with van der Waals surface area (Å²) in [7, 11) is 1.83. The highest BCUT2D eigenvalue weighted by Crippen LogP contribution is 2.21. The summed E-state index contributed by atoms with van der Waals surface area (Å²) in [5.74, 6) is -1.73. The molecule has 0 spiro atoms. The smallest absolute Gasteiger partial charge is 0.274 e. The molecule has 3 aromatic rings. The van der Waals surface area contributed by atoms with E-state index in [0.717, 1.165) is 29.1 Å². The van der Waals surface area contributed by atoms with Crippen LogP contribution in [0.25, 0.3) is 0 Å². The predicted molar refractivity (Wildman–Crippen MR) is 95.8 cm³/mol. The molecule has 1 N–H and O–H groups in total. The molecule has 0 bridgehead atoms. The molecule has 0 aliphatic carbocycles. The van der Waals surface area contributed by atoms with Gasteiger partial charge in [0, 0.05) is 30.9 Å². The number of halogens is 2. The summed E-state index contributed by atoms with van der Waals surface area (Å²) < 4.78 is 39.0. The van der Waals surface area contributed by atoms with E-state index >= 15 is 0 Å². The van der Waals surface area contributed by atoms with Crippen molar-refractivity contribution in [3.8, 4) is 5.75 Å². The van der Waals surface area contributed by atoms with Crippen molar-refractivity contribution in [2.45, 2.75) is 33.9 Å². The highest BCUT2D eigenvalue weighted by Gasteiger charge is 2.21. The first-order valence-electron chi connectivity index (χ1n) is 8.58. The number of nitrogens with one attached hydrogen (secondary N) is 1. The molecule has 0 aliphatic heterocycles. The van der Waals surface area contributed by atoms with E-state index in [1.807, 2.05) is 20.9 Å². The molecular weight excluding hydrogens is 370 g/mol. The van der Waals surface area contributed by atoms with Gasteiger partial charge in [-0.2, -0.15) is 5.10 Å². The Hall–Kier alpha value is -3.23. The highest BCUT2D eigenvalue weighted by molar-refractivity contribution is 5.93. The van der Waals surface area contributed by atoms with E-state index in [1.165, 1.54) is 6.07 Å². The molecule has 2 heterocycles. The van der Waals surface area contributed by atoms with E-state index in [1.54, 1.807) is 11.6 Å². The molecule has 3 rings (SSSR count). The normalized spacial score (nSPS) is 10.9. The number of nitrogens with zero attached hydrogens (tertiary/aromatic N) is 3. The first kappa shape index (κ1) is 19.5. The summed E-state index contributed by atoms with van der Waals surface area (Å²) in [5.41, 5.74) is 3.14. The van der Waals surface area contributed by atoms with Crippen molar-refractivity contribution in [2.75, 3.05) is 0 Å². The van der Waals surface area contributed by atoms with Crippen LogP contribution in [0.3, 0.4) is 0 Å². The fourth-order valence-electron chi connectivity index (χ4n) is 2.81. The number of carbonyl (C=O) groups excluding carboxylic acids is 1. The van der Waals surface area contributed by atoms with Crippen LogP contribution < -0.4 is 10.1 Å². The molecule has 0 aliphatic rings. The van der Waals surface area contributed by atoms with Crippen molar-refractivity contribution in [1.29, 1.82) is 0 Å². The van der Waals surface area contributed by atoms with Crippen LogP contribution in [0.4, 0.5) is 8.78 Å². The minimum atomic E-state index is -0.831. The number of carbonyl (C=O) groups is 1. The Kier molecular flexibility index (Phi) is 5.43. The van der Waals surface area contributed by atoms with Gasteiger partial charge in [-0.05, 0) is 32.9 Å². The number of ether oxygens (including phenoxy) is 1. The zero-order chi connectivity index (χ0) is 20.4. The molecule has 0 atom stereocenters. The Bertz CT molecular complexity index is 1030. The van der Waals surface area contributed by atoms with Crippen molar-refractivity contribution in [2.24, 2.45) is 7.05 Å². The molecule has 0 radical (unpaired) electrons. The lowest BCUT2D eigenvalue weighted by Gasteiger charge is -2.08. The van der Waals surface area contributed by atoms with Crippen molar-refractivity contribution in [1.82, 2.24) is 20.3 Å². The molecule has 148 valence electrons. The molecule has 0 fully saturated rings. The van der Waals surface area contributed by atoms with Crippen LogP contribution in [0.15, 0.2) is 22.7 Å². The lowest BCUT2D eigenvalue weighted by atomic mass is 10.1. The minimum absolute atomic E-state index is 0.0548. The summed E-state index contributed by atoms with van der Waals surface area (Å²) in [4.78, 5) is 12.6. The molecule has 7 nitrogen and oxygen atoms in total. The number of benzene rings is 1. The van der Waals surface area contributed by atoms with E-state index in [0.29, 0.717) is 11.3 Å². The second-order valence-corrected chi connectivity index (χ2v) is 6.38. The van der Waals surface area contributed by atoms with Crippen LogP contribution in [-0.2, 0) is 20.2 Å². The summed E-state index contributed by atoms with van der Waals surface area (Å²) >= 11 is 0. The molecule has 0 saturated heterocycles. The van der Waals surface area contributed by atoms with Gasteiger partial charge in [-0.1, -0.05) is 5.16 Å². The highest BCUT2D eigenvalue weighted by atomic mass is 19.1. The Balaban J connectivity index is 1.71. The van der Waals surface area contributed by atoms with Crippen LogP contribution in [-0.4, -0.2) is 20.8 Å². The Morgan fingerprint density at radius 2 is 2.00 bits per heavy atom. The Labute approximate surface area is 160 Å². The Morgan fingerprint density at radius 1 is 1.25 bits per heavy atom. The van der Waals surface area contributed by atoms with E-state index in [4.69, 9.17) is 9.26 Å². The molecule has 0 unspecified atom stereocenters. The third kappa shape index (κ3) is 3.88. The van der Waals surface area contributed by atoms with Gasteiger partial charge in [-0.25, -0.2) is 8.78 Å². The SMILES string of the molecule is Cc1nn(C)c(C)c1CNC(=O)c1noc(C)c1COc1ccc(F)cc1F. The summed E-state index contributed by atoms with van der Waals surface area (Å²) in [6, 6.07) is 2.99. The molecule has 9 heteroatoms. The lowest BCUT2D eigenvalue weighted by Crippen LogP contribution is -2.25. The van der Waals surface area contributed by atoms with Crippen LogP contribution in [0, 0.1) is 32.4 Å². The topological polar surface area (TPSA) is 82.2 Å². The van der Waals surface area contributed by atoms with Crippen LogP contribution in [0.5, 0.6) is 5.75 Å². The zero-order valence-electron chi connectivity index (χ0n) is 16.0. The summed E-state index contributed by atoms with van der Waals surface area (Å²) in [5, 5.41) is 10.9. The van der Waals surface area contributed by atoms with Gasteiger partial charge in [-0.15, -0.1) is 0 Å². The van der Waals surface area contributed by atoms with Crippen molar-refractivity contribution < 1.29 is 22.8 Å². The second-order valence-electron chi connectivity index (χ2n) is 6.38. The average Bonchev–Trinajstić information content (AvgIpc) is 3.12. The van der Waals surface area contributed by atoms with Crippen LogP contribution in [0.1, 0.15) is 38.8 Å². The fourth-order valence-corrected chi connectivity index (χ4v) is 2.81. The van der Waals surface area contributed by atoms with Crippen LogP contribution in [0.2, 0.25) is 0 Å². The fraction of sp³-hybridized carbons (Fsp3) is 0.316. The van der Waals surface area contributed by atoms with Gasteiger partial charge in [0.2, 0.25) is 0 Å². The zero-order valence-corrected chi connectivity index (χ0v) is 16.0. The van der Waals surface area contributed by atoms with E-state index in [9.17, 15) is 13.6 Å². The van der Waals surface area contributed by atoms with Crippen molar-refractivity contribution in [3.05, 3.63) is 63.8 Å². The van der Waals surface area contributed by atoms with Crippen LogP contribution >= 0.6 is 0 Å². The molecule has 28 heavy (non-hydrogen) atoms. The van der Waals surface area contributed by atoms with Gasteiger partial charge in [0.15, 0.2) is 17.3 Å². The molecule has 0 saturated carbocycles. The molecule has 1 amide bonds. The monoisotopic (exact) mass is 390 g/mol. The summed E-state index contributed by atoms with van der Waals surface area (Å²) in [6.07, 6.45) is 0. The summed E-state index contributed by atoms with van der Waals surface area (Å²) in [6.45, 7) is 5.54. The van der Waals surface area contributed by atoms with E-state index in [-0.39, 0.29) is 24.6 Å². The predicted octanol–water partition coefficient (Wildman–Crippen LogP) is 3.12. The van der Waals surface area contributed by atoms with E-state index < -0.39 is 17.5 Å². The molecule has 1 aromatic carbocycles. The van der Waals surface area contributed by atoms with E-state index in [2.05, 4.69) is 15.6 Å². The maximum atomic E-state index is 13.7. The second kappa shape index (κ2) is 7.79. The maximum Gasteiger partial charge on any atom is 0.274 e. The molecular formula is C19H20F2N4O3. The molecule has 2 aromatic heterocycles. The van der Waals surface area contributed by atoms with Gasteiger partial charge in [0.05, 0.1) is 11.3 Å².